The Morgan fingerprint density at radius 1 is 1.24 bits per heavy atom. The Kier molecular flexibility index (Phi) is 5.45. The molecule has 0 atom stereocenters. The molecule has 1 aromatic carbocycles. The molecule has 1 heterocycles. The molecule has 0 aliphatic carbocycles. The van der Waals surface area contributed by atoms with Crippen molar-refractivity contribution in [2.24, 2.45) is 0 Å². The van der Waals surface area contributed by atoms with Crippen LogP contribution >= 0.6 is 11.6 Å². The summed E-state index contributed by atoms with van der Waals surface area (Å²) in [6, 6.07) is 11.9. The highest BCUT2D eigenvalue weighted by atomic mass is 35.5. The van der Waals surface area contributed by atoms with Crippen LogP contribution < -0.4 is 0 Å². The first kappa shape index (κ1) is 15.6. The van der Waals surface area contributed by atoms with Crippen LogP contribution in [0.2, 0.25) is 5.02 Å². The molecule has 0 N–H and O–H groups in total. The van der Waals surface area contributed by atoms with Crippen LogP contribution in [-0.4, -0.2) is 21.9 Å². The number of amides is 1. The van der Waals surface area contributed by atoms with E-state index in [9.17, 15) is 4.79 Å². The average Bonchev–Trinajstić information content (AvgIpc) is 2.88. The van der Waals surface area contributed by atoms with E-state index in [0.717, 1.165) is 35.8 Å². The zero-order valence-electron chi connectivity index (χ0n) is 12.6. The lowest BCUT2D eigenvalue weighted by Crippen LogP contribution is -2.29. The number of nitrogens with zero attached hydrogens (tertiary/aromatic N) is 2. The van der Waals surface area contributed by atoms with Gasteiger partial charge in [0, 0.05) is 36.9 Å². The maximum Gasteiger partial charge on any atom is 0.219 e. The van der Waals surface area contributed by atoms with E-state index >= 15 is 0 Å². The second-order valence-electron chi connectivity index (χ2n) is 5.16. The summed E-state index contributed by atoms with van der Waals surface area (Å²) < 4.78 is 2.15. The van der Waals surface area contributed by atoms with Crippen LogP contribution in [0.1, 0.15) is 31.5 Å². The first-order valence-corrected chi connectivity index (χ1v) is 7.62. The fourth-order valence-electron chi connectivity index (χ4n) is 2.37. The SMILES string of the molecule is CCCN(Cc1cccn1Cc1ccccc1Cl)C(C)=O. The van der Waals surface area contributed by atoms with Crippen LogP contribution in [0, 0.1) is 0 Å². The maximum atomic E-state index is 11.7. The van der Waals surface area contributed by atoms with Crippen molar-refractivity contribution in [2.45, 2.75) is 33.4 Å². The van der Waals surface area contributed by atoms with Crippen LogP contribution in [0.25, 0.3) is 0 Å². The van der Waals surface area contributed by atoms with Gasteiger partial charge in [0.25, 0.3) is 0 Å². The number of rotatable bonds is 6. The van der Waals surface area contributed by atoms with Gasteiger partial charge in [-0.05, 0) is 30.2 Å². The van der Waals surface area contributed by atoms with Crippen molar-refractivity contribution in [2.75, 3.05) is 6.54 Å². The van der Waals surface area contributed by atoms with E-state index in [0.29, 0.717) is 6.54 Å². The minimum atomic E-state index is 0.113. The Bertz CT molecular complexity index is 606. The number of hydrogen-bond donors (Lipinski definition) is 0. The number of hydrogen-bond acceptors (Lipinski definition) is 1. The van der Waals surface area contributed by atoms with Gasteiger partial charge in [0.1, 0.15) is 0 Å². The van der Waals surface area contributed by atoms with Crippen molar-refractivity contribution in [3.8, 4) is 0 Å². The molecular weight excluding hydrogens is 284 g/mol. The third-order valence-electron chi connectivity index (χ3n) is 3.51. The van der Waals surface area contributed by atoms with Crippen molar-refractivity contribution in [1.82, 2.24) is 9.47 Å². The minimum absolute atomic E-state index is 0.113. The number of carbonyl (C=O) groups excluding carboxylic acids is 1. The van der Waals surface area contributed by atoms with Crippen LogP contribution in [0.5, 0.6) is 0 Å². The van der Waals surface area contributed by atoms with Gasteiger partial charge in [0.2, 0.25) is 5.91 Å². The topological polar surface area (TPSA) is 25.2 Å². The Balaban J connectivity index is 2.15. The molecule has 0 saturated heterocycles. The lowest BCUT2D eigenvalue weighted by atomic mass is 10.2. The van der Waals surface area contributed by atoms with E-state index in [2.05, 4.69) is 17.6 Å². The second kappa shape index (κ2) is 7.32. The molecule has 1 aromatic heterocycles. The first-order valence-electron chi connectivity index (χ1n) is 7.24. The summed E-state index contributed by atoms with van der Waals surface area (Å²) in [5.41, 5.74) is 2.21. The van der Waals surface area contributed by atoms with Crippen molar-refractivity contribution >= 4 is 17.5 Å². The minimum Gasteiger partial charge on any atom is -0.345 e. The molecule has 3 nitrogen and oxygen atoms in total. The van der Waals surface area contributed by atoms with Crippen molar-refractivity contribution in [1.29, 1.82) is 0 Å². The summed E-state index contributed by atoms with van der Waals surface area (Å²) in [6.45, 7) is 5.85. The summed E-state index contributed by atoms with van der Waals surface area (Å²) in [7, 11) is 0. The van der Waals surface area contributed by atoms with E-state index in [1.54, 1.807) is 6.92 Å². The predicted molar refractivity (Wildman–Crippen MR) is 86.4 cm³/mol. The molecule has 1 amide bonds. The Morgan fingerprint density at radius 3 is 2.67 bits per heavy atom. The zero-order valence-corrected chi connectivity index (χ0v) is 13.3. The highest BCUT2D eigenvalue weighted by molar-refractivity contribution is 6.31. The highest BCUT2D eigenvalue weighted by Crippen LogP contribution is 2.18. The molecule has 0 radical (unpaired) electrons. The molecule has 0 saturated carbocycles. The standard InChI is InChI=1S/C17H21ClN2O/c1-3-10-19(14(2)21)13-16-8-6-11-20(16)12-15-7-4-5-9-17(15)18/h4-9,11H,3,10,12-13H2,1-2H3. The lowest BCUT2D eigenvalue weighted by molar-refractivity contribution is -0.129. The van der Waals surface area contributed by atoms with Crippen LogP contribution in [0.15, 0.2) is 42.6 Å². The Labute approximate surface area is 131 Å². The molecule has 0 spiro atoms. The fraction of sp³-hybridized carbons (Fsp3) is 0.353. The van der Waals surface area contributed by atoms with Crippen molar-refractivity contribution < 1.29 is 4.79 Å². The van der Waals surface area contributed by atoms with Gasteiger partial charge in [-0.15, -0.1) is 0 Å². The highest BCUT2D eigenvalue weighted by Gasteiger charge is 2.11. The quantitative estimate of drug-likeness (QED) is 0.793. The fourth-order valence-corrected chi connectivity index (χ4v) is 2.57. The van der Waals surface area contributed by atoms with Gasteiger partial charge in [-0.3, -0.25) is 4.79 Å². The van der Waals surface area contributed by atoms with Gasteiger partial charge in [-0.25, -0.2) is 0 Å². The predicted octanol–water partition coefficient (Wildman–Crippen LogP) is 3.95. The summed E-state index contributed by atoms with van der Waals surface area (Å²) in [5.74, 6) is 0.113. The number of halogens is 1. The van der Waals surface area contributed by atoms with E-state index in [1.165, 1.54) is 0 Å². The van der Waals surface area contributed by atoms with E-state index < -0.39 is 0 Å². The van der Waals surface area contributed by atoms with Crippen LogP contribution in [0.3, 0.4) is 0 Å². The smallest absolute Gasteiger partial charge is 0.219 e. The normalized spacial score (nSPS) is 10.6. The second-order valence-corrected chi connectivity index (χ2v) is 5.57. The molecule has 2 aromatic rings. The summed E-state index contributed by atoms with van der Waals surface area (Å²) in [4.78, 5) is 13.6. The summed E-state index contributed by atoms with van der Waals surface area (Å²) >= 11 is 6.22. The molecule has 0 unspecified atom stereocenters. The molecule has 21 heavy (non-hydrogen) atoms. The molecule has 0 aliphatic heterocycles. The summed E-state index contributed by atoms with van der Waals surface area (Å²) in [5, 5.41) is 0.772. The first-order chi connectivity index (χ1) is 10.1. The molecule has 2 rings (SSSR count). The number of carbonyl (C=O) groups is 1. The van der Waals surface area contributed by atoms with E-state index in [-0.39, 0.29) is 5.91 Å². The largest absolute Gasteiger partial charge is 0.345 e. The molecule has 0 bridgehead atoms. The van der Waals surface area contributed by atoms with Crippen molar-refractivity contribution in [3.05, 3.63) is 58.9 Å². The molecular formula is C17H21ClN2O. The number of benzene rings is 1. The van der Waals surface area contributed by atoms with Crippen LogP contribution in [-0.2, 0) is 17.9 Å². The van der Waals surface area contributed by atoms with E-state index in [4.69, 9.17) is 11.6 Å². The Morgan fingerprint density at radius 2 is 2.00 bits per heavy atom. The van der Waals surface area contributed by atoms with Crippen molar-refractivity contribution in [3.63, 3.8) is 0 Å². The van der Waals surface area contributed by atoms with Gasteiger partial charge in [0.05, 0.1) is 6.54 Å². The zero-order chi connectivity index (χ0) is 15.2. The third kappa shape index (κ3) is 4.11. The lowest BCUT2D eigenvalue weighted by Gasteiger charge is -2.21. The molecule has 0 fully saturated rings. The number of aromatic nitrogens is 1. The Hall–Kier alpha value is -1.74. The van der Waals surface area contributed by atoms with Gasteiger partial charge < -0.3 is 9.47 Å². The molecule has 0 aliphatic rings. The van der Waals surface area contributed by atoms with E-state index in [1.807, 2.05) is 41.4 Å². The monoisotopic (exact) mass is 304 g/mol. The summed E-state index contributed by atoms with van der Waals surface area (Å²) in [6.07, 6.45) is 2.99. The maximum absolute atomic E-state index is 11.7. The van der Waals surface area contributed by atoms with Gasteiger partial charge in [0.15, 0.2) is 0 Å². The average molecular weight is 305 g/mol. The van der Waals surface area contributed by atoms with Crippen LogP contribution in [0.4, 0.5) is 0 Å². The van der Waals surface area contributed by atoms with Gasteiger partial charge in [-0.2, -0.15) is 0 Å². The molecule has 112 valence electrons. The molecule has 4 heteroatoms. The van der Waals surface area contributed by atoms with Gasteiger partial charge >= 0.3 is 0 Å². The third-order valence-corrected chi connectivity index (χ3v) is 3.88. The van der Waals surface area contributed by atoms with Gasteiger partial charge in [-0.1, -0.05) is 36.7 Å².